The number of aromatic carboxylic acids is 1. The number of imidazole rings is 1. The fourth-order valence-corrected chi connectivity index (χ4v) is 2.78. The van der Waals surface area contributed by atoms with E-state index in [-0.39, 0.29) is 17.0 Å². The van der Waals surface area contributed by atoms with Crippen LogP contribution in [0, 0.1) is 0 Å². The van der Waals surface area contributed by atoms with Crippen molar-refractivity contribution in [1.29, 1.82) is 0 Å². The molecular formula is C22H21Cl2N6O3+. The molecule has 0 radical (unpaired) electrons. The Morgan fingerprint density at radius 3 is 1.97 bits per heavy atom. The average Bonchev–Trinajstić information content (AvgIpc) is 3.42. The predicted molar refractivity (Wildman–Crippen MR) is 130 cm³/mol. The Morgan fingerprint density at radius 2 is 1.58 bits per heavy atom. The molecule has 4 rings (SSSR count). The van der Waals surface area contributed by atoms with E-state index < -0.39 is 5.97 Å². The van der Waals surface area contributed by atoms with E-state index in [9.17, 15) is 9.59 Å². The number of benzene rings is 2. The highest BCUT2D eigenvalue weighted by atomic mass is 35.5. The lowest BCUT2D eigenvalue weighted by Crippen LogP contribution is -2.10. The number of nitrogens with zero attached hydrogens (tertiary/aromatic N) is 4. The van der Waals surface area contributed by atoms with E-state index in [0.29, 0.717) is 27.1 Å². The van der Waals surface area contributed by atoms with Crippen LogP contribution in [0.25, 0.3) is 0 Å². The molecule has 0 atom stereocenters. The summed E-state index contributed by atoms with van der Waals surface area (Å²) in [5, 5.41) is 9.40. The molecule has 11 heteroatoms. The molecule has 0 saturated carbocycles. The maximum atomic E-state index is 12.1. The van der Waals surface area contributed by atoms with Crippen molar-refractivity contribution in [2.24, 2.45) is 12.0 Å². The molecule has 3 aromatic rings. The van der Waals surface area contributed by atoms with Crippen LogP contribution in [0.1, 0.15) is 26.5 Å². The van der Waals surface area contributed by atoms with E-state index in [0.717, 1.165) is 0 Å². The highest BCUT2D eigenvalue weighted by Crippen LogP contribution is 2.20. The Kier molecular flexibility index (Phi) is 8.94. The number of nitrogen functional groups attached to an aromatic ring is 2. The fraction of sp³-hybridized carbons (Fsp3) is 0.0909. The van der Waals surface area contributed by atoms with Gasteiger partial charge in [-0.05, 0) is 41.4 Å². The number of ketones is 1. The summed E-state index contributed by atoms with van der Waals surface area (Å²) < 4.78 is 1.64. The van der Waals surface area contributed by atoms with Crippen molar-refractivity contribution in [3.63, 3.8) is 0 Å². The Labute approximate surface area is 200 Å². The van der Waals surface area contributed by atoms with Crippen molar-refractivity contribution < 1.29 is 14.7 Å². The first kappa shape index (κ1) is 25.4. The molecule has 1 aromatic heterocycles. The molecule has 1 aliphatic rings. The number of aromatic nitrogens is 2. The van der Waals surface area contributed by atoms with Gasteiger partial charge in [-0.2, -0.15) is 4.90 Å². The average molecular weight is 488 g/mol. The van der Waals surface area contributed by atoms with Gasteiger partial charge in [-0.25, -0.2) is 9.78 Å². The third-order valence-electron chi connectivity index (χ3n) is 4.11. The summed E-state index contributed by atoms with van der Waals surface area (Å²) in [6, 6.07) is 9.13. The molecule has 0 amide bonds. The van der Waals surface area contributed by atoms with Crippen LogP contribution in [0.2, 0.25) is 10.0 Å². The van der Waals surface area contributed by atoms with Crippen molar-refractivity contribution in [3.8, 4) is 0 Å². The number of hydrogen-bond acceptors (Lipinski definition) is 7. The lowest BCUT2D eigenvalue weighted by molar-refractivity contribution is 0.0698. The first-order valence-corrected chi connectivity index (χ1v) is 10.1. The van der Waals surface area contributed by atoms with Gasteiger partial charge in [-0.1, -0.05) is 23.2 Å². The number of carboxylic acid groups (broad SMARTS) is 1. The zero-order chi connectivity index (χ0) is 24.5. The fourth-order valence-electron chi connectivity index (χ4n) is 2.43. The number of carbonyl (C=O) groups excluding carboxylic acids is 1. The second-order valence-electron chi connectivity index (χ2n) is 6.60. The number of carbonyl (C=O) groups is 2. The van der Waals surface area contributed by atoms with Crippen molar-refractivity contribution in [2.45, 2.75) is 0 Å². The number of nitrogens with two attached hydrogens (primary N) is 2. The van der Waals surface area contributed by atoms with Crippen LogP contribution >= 0.6 is 23.2 Å². The first-order chi connectivity index (χ1) is 15.6. The molecular weight excluding hydrogens is 467 g/mol. The van der Waals surface area contributed by atoms with E-state index in [1.807, 2.05) is 13.2 Å². The Morgan fingerprint density at radius 1 is 1.00 bits per heavy atom. The summed E-state index contributed by atoms with van der Waals surface area (Å²) in [7, 11) is 3.63. The molecule has 0 fully saturated rings. The largest absolute Gasteiger partial charge is 0.478 e. The number of carboxylic acids is 1. The lowest BCUT2D eigenvalue weighted by Gasteiger charge is -2.05. The van der Waals surface area contributed by atoms with Crippen LogP contribution in [-0.2, 0) is 7.05 Å². The maximum absolute atomic E-state index is 12.1. The highest BCUT2D eigenvalue weighted by Gasteiger charge is 2.16. The quantitative estimate of drug-likeness (QED) is 0.289. The Balaban J connectivity index is 0.000000195. The monoisotopic (exact) mass is 487 g/mol. The normalized spacial score (nSPS) is 11.1. The van der Waals surface area contributed by atoms with E-state index in [1.165, 1.54) is 12.1 Å². The van der Waals surface area contributed by atoms with Gasteiger partial charge in [0.1, 0.15) is 0 Å². The highest BCUT2D eigenvalue weighted by molar-refractivity contribution is 6.31. The summed E-state index contributed by atoms with van der Waals surface area (Å²) in [4.78, 5) is 31.9. The minimum Gasteiger partial charge on any atom is -0.478 e. The first-order valence-electron chi connectivity index (χ1n) is 9.30. The van der Waals surface area contributed by atoms with Crippen LogP contribution in [0.5, 0.6) is 0 Å². The molecule has 2 heterocycles. The summed E-state index contributed by atoms with van der Waals surface area (Å²) in [5.74, 6) is -0.952. The topological polar surface area (TPSA) is 140 Å². The molecule has 170 valence electrons. The zero-order valence-electron chi connectivity index (χ0n) is 17.7. The van der Waals surface area contributed by atoms with E-state index in [2.05, 4.69) is 16.3 Å². The molecule has 1 aliphatic heterocycles. The van der Waals surface area contributed by atoms with Gasteiger partial charge >= 0.3 is 5.97 Å². The lowest BCUT2D eigenvalue weighted by atomic mass is 10.1. The number of halogens is 2. The van der Waals surface area contributed by atoms with Gasteiger partial charge in [0.25, 0.3) is 6.34 Å². The molecule has 0 bridgehead atoms. The van der Waals surface area contributed by atoms with Crippen LogP contribution in [0.4, 0.5) is 11.4 Å². The second kappa shape index (κ2) is 11.6. The SMILES string of the molecule is CN1[C+]=NC=C1.Cn1ccnc1C(=O)c1cc(Cl)ccc1N.Nc1ccc(Cl)cc1C(=O)O. The maximum Gasteiger partial charge on any atom is 0.337 e. The van der Waals surface area contributed by atoms with Gasteiger partial charge in [0.2, 0.25) is 12.0 Å². The van der Waals surface area contributed by atoms with E-state index >= 15 is 0 Å². The molecule has 2 aromatic carbocycles. The summed E-state index contributed by atoms with van der Waals surface area (Å²) >= 11 is 11.4. The zero-order valence-corrected chi connectivity index (χ0v) is 19.2. The smallest absolute Gasteiger partial charge is 0.337 e. The summed E-state index contributed by atoms with van der Waals surface area (Å²) in [6.07, 6.45) is 9.46. The minimum atomic E-state index is -1.06. The number of aryl methyl sites for hydroxylation is 1. The standard InChI is InChI=1S/C11H10ClN3O.C7H6ClNO2.C4H5N2/c1-15-5-4-14-11(15)10(16)8-6-7(12)2-3-9(8)13;8-4-1-2-6(9)5(3-4)7(10)11;1-6-3-2-5-4-6/h2-6H,13H2,1H3;1-3H,9H2,(H,10,11);2-3H,1H3/q;;+1. The Bertz CT molecular complexity index is 1190. The third kappa shape index (κ3) is 7.33. The van der Waals surface area contributed by atoms with Crippen molar-refractivity contribution in [3.05, 3.63) is 88.2 Å². The molecule has 0 saturated heterocycles. The molecule has 0 spiro atoms. The van der Waals surface area contributed by atoms with Crippen molar-refractivity contribution in [1.82, 2.24) is 14.5 Å². The number of aliphatic imine (C=N–C) groups is 1. The van der Waals surface area contributed by atoms with Gasteiger partial charge < -0.3 is 21.1 Å². The van der Waals surface area contributed by atoms with Gasteiger partial charge in [-0.3, -0.25) is 4.79 Å². The summed E-state index contributed by atoms with van der Waals surface area (Å²) in [6.45, 7) is 0. The minimum absolute atomic E-state index is 0.0394. The molecule has 33 heavy (non-hydrogen) atoms. The third-order valence-corrected chi connectivity index (χ3v) is 4.58. The van der Waals surface area contributed by atoms with E-state index in [4.69, 9.17) is 39.8 Å². The Hall–Kier alpha value is -3.91. The second-order valence-corrected chi connectivity index (χ2v) is 7.47. The van der Waals surface area contributed by atoms with Crippen molar-refractivity contribution in [2.75, 3.05) is 18.5 Å². The van der Waals surface area contributed by atoms with Gasteiger partial charge in [0, 0.05) is 47.9 Å². The van der Waals surface area contributed by atoms with Crippen molar-refractivity contribution >= 4 is 52.7 Å². The summed E-state index contributed by atoms with van der Waals surface area (Å²) in [5.41, 5.74) is 12.1. The molecule has 0 unspecified atom stereocenters. The van der Waals surface area contributed by atoms with E-state index in [1.54, 1.807) is 59.4 Å². The number of hydrogen-bond donors (Lipinski definition) is 3. The number of anilines is 2. The number of rotatable bonds is 3. The van der Waals surface area contributed by atoms with Crippen LogP contribution in [0.15, 0.2) is 66.2 Å². The van der Waals surface area contributed by atoms with Gasteiger partial charge in [0.15, 0.2) is 12.0 Å². The van der Waals surface area contributed by atoms with Crippen LogP contribution < -0.4 is 11.5 Å². The predicted octanol–water partition coefficient (Wildman–Crippen LogP) is 3.82. The van der Waals surface area contributed by atoms with Gasteiger partial charge in [0.05, 0.1) is 11.1 Å². The molecule has 9 nitrogen and oxygen atoms in total. The van der Waals surface area contributed by atoms with Crippen LogP contribution in [-0.4, -0.2) is 44.7 Å². The molecule has 0 aliphatic carbocycles. The van der Waals surface area contributed by atoms with Gasteiger partial charge in [-0.15, -0.1) is 0 Å². The van der Waals surface area contributed by atoms with Crippen LogP contribution in [0.3, 0.4) is 0 Å². The molecule has 5 N–H and O–H groups in total.